The number of nitrogens with one attached hydrogen (secondary N) is 1. The first-order valence-electron chi connectivity index (χ1n) is 8.25. The molecule has 120 valence electrons. The molecule has 1 aromatic rings. The molecule has 4 nitrogen and oxygen atoms in total. The van der Waals surface area contributed by atoms with Gasteiger partial charge < -0.3 is 14.8 Å². The maximum atomic E-state index is 12.3. The largest absolute Gasteiger partial charge is 0.489 e. The number of benzene rings is 1. The number of hydrogen-bond donors (Lipinski definition) is 1. The molecule has 3 rings (SSSR count). The molecule has 4 heteroatoms. The molecule has 0 aliphatic carbocycles. The van der Waals surface area contributed by atoms with Gasteiger partial charge in [-0.3, -0.25) is 0 Å². The smallest absolute Gasteiger partial charge is 0.342 e. The van der Waals surface area contributed by atoms with Gasteiger partial charge in [0.2, 0.25) is 0 Å². The molecule has 22 heavy (non-hydrogen) atoms. The maximum Gasteiger partial charge on any atom is 0.342 e. The minimum Gasteiger partial charge on any atom is -0.489 e. The van der Waals surface area contributed by atoms with Crippen LogP contribution in [-0.2, 0) is 4.74 Å². The van der Waals surface area contributed by atoms with Crippen LogP contribution in [0.25, 0.3) is 0 Å². The summed E-state index contributed by atoms with van der Waals surface area (Å²) in [7, 11) is 0. The average Bonchev–Trinajstić information content (AvgIpc) is 2.79. The molecule has 1 N–H and O–H groups in total. The zero-order valence-corrected chi connectivity index (χ0v) is 13.6. The molecule has 3 atom stereocenters. The lowest BCUT2D eigenvalue weighted by atomic mass is 10.0. The fourth-order valence-corrected chi connectivity index (χ4v) is 3.46. The van der Waals surface area contributed by atoms with Crippen molar-refractivity contribution in [1.29, 1.82) is 0 Å². The summed E-state index contributed by atoms with van der Waals surface area (Å²) >= 11 is 0. The molecule has 2 aliphatic rings. The second kappa shape index (κ2) is 6.29. The number of carbonyl (C=O) groups excluding carboxylic acids is 1. The van der Waals surface area contributed by atoms with Crippen molar-refractivity contribution in [2.24, 2.45) is 0 Å². The summed E-state index contributed by atoms with van der Waals surface area (Å²) in [6.07, 6.45) is 4.57. The van der Waals surface area contributed by atoms with Crippen molar-refractivity contribution >= 4 is 5.97 Å². The van der Waals surface area contributed by atoms with Crippen LogP contribution in [0.5, 0.6) is 5.75 Å². The topological polar surface area (TPSA) is 47.6 Å². The second-order valence-corrected chi connectivity index (χ2v) is 6.80. The van der Waals surface area contributed by atoms with Crippen LogP contribution in [0.1, 0.15) is 55.5 Å². The van der Waals surface area contributed by atoms with E-state index >= 15 is 0 Å². The van der Waals surface area contributed by atoms with Crippen LogP contribution < -0.4 is 10.1 Å². The molecule has 0 aromatic heterocycles. The van der Waals surface area contributed by atoms with Crippen LogP contribution in [-0.4, -0.2) is 30.3 Å². The maximum absolute atomic E-state index is 12.3. The van der Waals surface area contributed by atoms with Crippen molar-refractivity contribution in [1.82, 2.24) is 5.32 Å². The van der Waals surface area contributed by atoms with Crippen LogP contribution in [0.15, 0.2) is 18.2 Å². The first kappa shape index (κ1) is 15.3. The summed E-state index contributed by atoms with van der Waals surface area (Å²) in [5, 5.41) is 3.61. The first-order chi connectivity index (χ1) is 10.5. The van der Waals surface area contributed by atoms with E-state index in [0.29, 0.717) is 23.4 Å². The van der Waals surface area contributed by atoms with Crippen molar-refractivity contribution in [3.05, 3.63) is 29.3 Å². The van der Waals surface area contributed by atoms with E-state index in [4.69, 9.17) is 9.47 Å². The molecule has 2 heterocycles. The van der Waals surface area contributed by atoms with Crippen LogP contribution in [0.3, 0.4) is 0 Å². The molecule has 2 fully saturated rings. The quantitative estimate of drug-likeness (QED) is 0.868. The zero-order valence-electron chi connectivity index (χ0n) is 13.6. The molecule has 2 bridgehead atoms. The van der Waals surface area contributed by atoms with Gasteiger partial charge in [0.15, 0.2) is 0 Å². The molecule has 0 spiro atoms. The minimum atomic E-state index is -0.300. The van der Waals surface area contributed by atoms with Gasteiger partial charge in [0, 0.05) is 12.1 Å². The number of aryl methyl sites for hydroxylation is 1. The molecule has 0 unspecified atom stereocenters. The highest BCUT2D eigenvalue weighted by Crippen LogP contribution is 2.31. The summed E-state index contributed by atoms with van der Waals surface area (Å²) < 4.78 is 11.5. The van der Waals surface area contributed by atoms with Crippen molar-refractivity contribution in [2.75, 3.05) is 0 Å². The van der Waals surface area contributed by atoms with E-state index in [9.17, 15) is 4.79 Å². The molecule has 2 aliphatic heterocycles. The predicted octanol–water partition coefficient (Wildman–Crippen LogP) is 3.22. The minimum absolute atomic E-state index is 0.129. The van der Waals surface area contributed by atoms with Gasteiger partial charge in [-0.1, -0.05) is 11.6 Å². The monoisotopic (exact) mass is 303 g/mol. The summed E-state index contributed by atoms with van der Waals surface area (Å²) in [6, 6.07) is 6.88. The van der Waals surface area contributed by atoms with E-state index in [-0.39, 0.29) is 18.2 Å². The summed E-state index contributed by atoms with van der Waals surface area (Å²) in [5.74, 6) is 0.355. The third kappa shape index (κ3) is 3.43. The Kier molecular flexibility index (Phi) is 4.39. The third-order valence-electron chi connectivity index (χ3n) is 4.42. The molecule has 2 saturated heterocycles. The number of esters is 1. The van der Waals surface area contributed by atoms with Gasteiger partial charge in [-0.15, -0.1) is 0 Å². The van der Waals surface area contributed by atoms with Crippen molar-refractivity contribution in [2.45, 2.75) is 70.7 Å². The van der Waals surface area contributed by atoms with E-state index < -0.39 is 0 Å². The Bertz CT molecular complexity index is 543. The van der Waals surface area contributed by atoms with Gasteiger partial charge in [0.05, 0.1) is 6.10 Å². The highest BCUT2D eigenvalue weighted by Gasteiger charge is 2.35. The van der Waals surface area contributed by atoms with Crippen LogP contribution in [0.2, 0.25) is 0 Å². The van der Waals surface area contributed by atoms with Crippen LogP contribution in [0, 0.1) is 6.92 Å². The van der Waals surface area contributed by atoms with Crippen LogP contribution in [0.4, 0.5) is 0 Å². The van der Waals surface area contributed by atoms with Gasteiger partial charge in [0.25, 0.3) is 0 Å². The van der Waals surface area contributed by atoms with E-state index in [0.717, 1.165) is 18.4 Å². The zero-order chi connectivity index (χ0) is 15.7. The highest BCUT2D eigenvalue weighted by atomic mass is 16.5. The van der Waals surface area contributed by atoms with Gasteiger partial charge in [-0.25, -0.2) is 4.79 Å². The first-order valence-corrected chi connectivity index (χ1v) is 8.25. The Morgan fingerprint density at radius 2 is 1.91 bits per heavy atom. The average molecular weight is 303 g/mol. The number of piperidine rings is 1. The van der Waals surface area contributed by atoms with Crippen molar-refractivity contribution < 1.29 is 14.3 Å². The number of rotatable bonds is 4. The van der Waals surface area contributed by atoms with Gasteiger partial charge in [-0.2, -0.15) is 0 Å². The van der Waals surface area contributed by atoms with Crippen molar-refractivity contribution in [3.8, 4) is 5.75 Å². The van der Waals surface area contributed by atoms with E-state index in [1.54, 1.807) is 0 Å². The van der Waals surface area contributed by atoms with Gasteiger partial charge in [-0.05, 0) is 58.6 Å². The Morgan fingerprint density at radius 1 is 1.23 bits per heavy atom. The van der Waals surface area contributed by atoms with Crippen molar-refractivity contribution in [3.63, 3.8) is 0 Å². The Morgan fingerprint density at radius 3 is 2.55 bits per heavy atom. The van der Waals surface area contributed by atoms with Gasteiger partial charge in [0.1, 0.15) is 17.4 Å². The summed E-state index contributed by atoms with van der Waals surface area (Å²) in [6.45, 7) is 5.69. The number of hydrogen-bond acceptors (Lipinski definition) is 4. The normalized spacial score (nSPS) is 27.0. The highest BCUT2D eigenvalue weighted by molar-refractivity contribution is 5.92. The second-order valence-electron chi connectivity index (χ2n) is 6.80. The van der Waals surface area contributed by atoms with E-state index in [1.807, 2.05) is 39.0 Å². The SMILES string of the molecule is Cc1ccc(O[C@H]2C[C@H]3CC[C@@H](C2)N3)c(C(=O)OC(C)C)c1. The third-order valence-corrected chi connectivity index (χ3v) is 4.42. The molecule has 1 aromatic carbocycles. The van der Waals surface area contributed by atoms with Crippen LogP contribution >= 0.6 is 0 Å². The fourth-order valence-electron chi connectivity index (χ4n) is 3.46. The molecular weight excluding hydrogens is 278 g/mol. The lowest BCUT2D eigenvalue weighted by Gasteiger charge is -2.30. The Hall–Kier alpha value is -1.55. The predicted molar refractivity (Wildman–Crippen MR) is 85.3 cm³/mol. The Labute approximate surface area is 132 Å². The Balaban J connectivity index is 1.76. The van der Waals surface area contributed by atoms with E-state index in [2.05, 4.69) is 5.32 Å². The fraction of sp³-hybridized carbons (Fsp3) is 0.611. The lowest BCUT2D eigenvalue weighted by Crippen LogP contribution is -2.42. The molecular formula is C18H25NO3. The standard InChI is InChI=1S/C18H25NO3/c1-11(2)21-18(20)16-8-12(3)4-7-17(16)22-15-9-13-5-6-14(10-15)19-13/h4,7-8,11,13-15,19H,5-6,9-10H2,1-3H3/t13-,14+,15+. The summed E-state index contributed by atoms with van der Waals surface area (Å²) in [5.41, 5.74) is 1.58. The molecule has 0 radical (unpaired) electrons. The number of fused-ring (bicyclic) bond motifs is 2. The lowest BCUT2D eigenvalue weighted by molar-refractivity contribution is 0.0368. The molecule has 0 saturated carbocycles. The number of ether oxygens (including phenoxy) is 2. The number of carbonyl (C=O) groups is 1. The molecule has 0 amide bonds. The van der Waals surface area contributed by atoms with Gasteiger partial charge >= 0.3 is 5.97 Å². The summed E-state index contributed by atoms with van der Waals surface area (Å²) in [4.78, 5) is 12.3. The van der Waals surface area contributed by atoms with E-state index in [1.165, 1.54) is 12.8 Å².